The van der Waals surface area contributed by atoms with E-state index in [1.807, 2.05) is 17.0 Å². The van der Waals surface area contributed by atoms with Crippen molar-refractivity contribution in [2.24, 2.45) is 5.92 Å². The van der Waals surface area contributed by atoms with Crippen LogP contribution >= 0.6 is 0 Å². The molecule has 2 aromatic heterocycles. The second-order valence-corrected chi connectivity index (χ2v) is 6.73. The zero-order valence-electron chi connectivity index (χ0n) is 14.0. The highest BCUT2D eigenvalue weighted by Crippen LogP contribution is 2.36. The van der Waals surface area contributed by atoms with Gasteiger partial charge in [0.1, 0.15) is 11.3 Å². The minimum Gasteiger partial charge on any atom is -0.371 e. The van der Waals surface area contributed by atoms with Crippen LogP contribution in [-0.4, -0.2) is 57.6 Å². The minimum absolute atomic E-state index is 0.0140. The Kier molecular flexibility index (Phi) is 4.31. The molecule has 0 unspecified atom stereocenters. The predicted molar refractivity (Wildman–Crippen MR) is 92.1 cm³/mol. The van der Waals surface area contributed by atoms with Crippen molar-refractivity contribution in [1.29, 1.82) is 0 Å². The van der Waals surface area contributed by atoms with Gasteiger partial charge in [-0.05, 0) is 37.0 Å². The fourth-order valence-electron chi connectivity index (χ4n) is 3.40. The van der Waals surface area contributed by atoms with Crippen molar-refractivity contribution in [1.82, 2.24) is 19.9 Å². The second-order valence-electron chi connectivity index (χ2n) is 6.73. The molecular weight excluding hydrogens is 318 g/mol. The SMILES string of the molecule is O=C(c1ccccn1)N1CC2(CC[C@H](CNc3ncccn3)CO2)C1. The molecule has 2 aliphatic rings. The number of carbonyl (C=O) groups excluding carboxylic acids is 1. The van der Waals surface area contributed by atoms with Crippen LogP contribution in [0.4, 0.5) is 5.95 Å². The summed E-state index contributed by atoms with van der Waals surface area (Å²) in [4.78, 5) is 26.6. The van der Waals surface area contributed by atoms with Crippen molar-refractivity contribution in [2.75, 3.05) is 31.6 Å². The van der Waals surface area contributed by atoms with Crippen LogP contribution in [0, 0.1) is 5.92 Å². The van der Waals surface area contributed by atoms with E-state index in [0.29, 0.717) is 37.3 Å². The van der Waals surface area contributed by atoms with Gasteiger partial charge in [0.15, 0.2) is 0 Å². The third kappa shape index (κ3) is 3.46. The maximum atomic E-state index is 12.4. The quantitative estimate of drug-likeness (QED) is 0.911. The molecule has 7 nitrogen and oxygen atoms in total. The Morgan fingerprint density at radius 2 is 2.00 bits per heavy atom. The maximum absolute atomic E-state index is 12.4. The number of likely N-dealkylation sites (tertiary alicyclic amines) is 1. The molecule has 1 atom stereocenters. The molecule has 7 heteroatoms. The average molecular weight is 339 g/mol. The van der Waals surface area contributed by atoms with E-state index in [-0.39, 0.29) is 11.5 Å². The van der Waals surface area contributed by atoms with Crippen molar-refractivity contribution < 1.29 is 9.53 Å². The largest absolute Gasteiger partial charge is 0.371 e. The highest BCUT2D eigenvalue weighted by atomic mass is 16.5. The maximum Gasteiger partial charge on any atom is 0.272 e. The van der Waals surface area contributed by atoms with Gasteiger partial charge in [0.25, 0.3) is 5.91 Å². The Morgan fingerprint density at radius 3 is 2.68 bits per heavy atom. The topological polar surface area (TPSA) is 80.2 Å². The van der Waals surface area contributed by atoms with Crippen LogP contribution in [0.1, 0.15) is 23.3 Å². The van der Waals surface area contributed by atoms with E-state index in [4.69, 9.17) is 4.74 Å². The highest BCUT2D eigenvalue weighted by molar-refractivity contribution is 5.93. The standard InChI is InChI=1S/C18H21N5O2/c24-16(15-4-1-2-7-19-15)23-12-18(13-23)6-5-14(11-25-18)10-22-17-20-8-3-9-21-17/h1-4,7-9,14H,5-6,10-13H2,(H,20,21,22)/t14-/m1/s1. The van der Waals surface area contributed by atoms with Gasteiger partial charge in [-0.1, -0.05) is 6.07 Å². The number of hydrogen-bond donors (Lipinski definition) is 1. The Bertz CT molecular complexity index is 709. The van der Waals surface area contributed by atoms with E-state index in [1.54, 1.807) is 30.7 Å². The first-order chi connectivity index (χ1) is 12.2. The molecule has 1 N–H and O–H groups in total. The molecule has 25 heavy (non-hydrogen) atoms. The van der Waals surface area contributed by atoms with E-state index >= 15 is 0 Å². The van der Waals surface area contributed by atoms with Crippen LogP contribution in [0.5, 0.6) is 0 Å². The molecule has 0 aromatic carbocycles. The van der Waals surface area contributed by atoms with E-state index in [1.165, 1.54) is 0 Å². The van der Waals surface area contributed by atoms with Crippen LogP contribution in [0.15, 0.2) is 42.9 Å². The predicted octanol–water partition coefficient (Wildman–Crippen LogP) is 1.60. The number of hydrogen-bond acceptors (Lipinski definition) is 6. The summed E-state index contributed by atoms with van der Waals surface area (Å²) in [6.45, 7) is 2.82. The molecule has 2 aromatic rings. The fourth-order valence-corrected chi connectivity index (χ4v) is 3.40. The smallest absolute Gasteiger partial charge is 0.272 e. The molecule has 0 aliphatic carbocycles. The summed E-state index contributed by atoms with van der Waals surface area (Å²) in [6, 6.07) is 7.20. The summed E-state index contributed by atoms with van der Waals surface area (Å²) in [5.41, 5.74) is 0.336. The van der Waals surface area contributed by atoms with E-state index in [2.05, 4.69) is 20.3 Å². The van der Waals surface area contributed by atoms with Crippen LogP contribution in [-0.2, 0) is 4.74 Å². The number of anilines is 1. The van der Waals surface area contributed by atoms with Crippen LogP contribution in [0.25, 0.3) is 0 Å². The summed E-state index contributed by atoms with van der Waals surface area (Å²) in [7, 11) is 0. The number of ether oxygens (including phenoxy) is 1. The molecule has 4 heterocycles. The van der Waals surface area contributed by atoms with Crippen LogP contribution in [0.3, 0.4) is 0 Å². The zero-order chi connectivity index (χ0) is 17.1. The van der Waals surface area contributed by atoms with Gasteiger partial charge in [-0.15, -0.1) is 0 Å². The molecule has 0 bridgehead atoms. The number of carbonyl (C=O) groups is 1. The summed E-state index contributed by atoms with van der Waals surface area (Å²) >= 11 is 0. The van der Waals surface area contributed by atoms with Crippen molar-refractivity contribution in [3.05, 3.63) is 48.5 Å². The van der Waals surface area contributed by atoms with Gasteiger partial charge in [0, 0.05) is 25.1 Å². The molecule has 1 spiro atoms. The Balaban J connectivity index is 1.24. The molecule has 2 aliphatic heterocycles. The first kappa shape index (κ1) is 16.0. The first-order valence-electron chi connectivity index (χ1n) is 8.59. The van der Waals surface area contributed by atoms with E-state index < -0.39 is 0 Å². The second kappa shape index (κ2) is 6.76. The lowest BCUT2D eigenvalue weighted by atomic mass is 9.82. The Labute approximate surface area is 146 Å². The Morgan fingerprint density at radius 1 is 1.20 bits per heavy atom. The summed E-state index contributed by atoms with van der Waals surface area (Å²) in [5, 5.41) is 3.25. The number of amides is 1. The molecule has 2 saturated heterocycles. The molecular formula is C18H21N5O2. The lowest BCUT2D eigenvalue weighted by molar-refractivity contribution is -0.165. The number of rotatable bonds is 4. The van der Waals surface area contributed by atoms with Gasteiger partial charge in [-0.25, -0.2) is 9.97 Å². The third-order valence-electron chi connectivity index (χ3n) is 4.88. The normalized spacial score (nSPS) is 21.6. The van der Waals surface area contributed by atoms with Crippen molar-refractivity contribution in [3.63, 3.8) is 0 Å². The first-order valence-corrected chi connectivity index (χ1v) is 8.59. The number of nitrogens with zero attached hydrogens (tertiary/aromatic N) is 4. The summed E-state index contributed by atoms with van der Waals surface area (Å²) < 4.78 is 6.12. The number of pyridine rings is 1. The number of nitrogens with one attached hydrogen (secondary N) is 1. The third-order valence-corrected chi connectivity index (χ3v) is 4.88. The van der Waals surface area contributed by atoms with Gasteiger partial charge in [0.2, 0.25) is 5.95 Å². The fraction of sp³-hybridized carbons (Fsp3) is 0.444. The summed E-state index contributed by atoms with van der Waals surface area (Å²) in [5.74, 6) is 1.08. The van der Waals surface area contributed by atoms with E-state index in [9.17, 15) is 4.79 Å². The lowest BCUT2D eigenvalue weighted by Gasteiger charge is -2.52. The average Bonchev–Trinajstić information content (AvgIpc) is 2.66. The van der Waals surface area contributed by atoms with Crippen LogP contribution < -0.4 is 5.32 Å². The molecule has 0 radical (unpaired) electrons. The van der Waals surface area contributed by atoms with Crippen LogP contribution in [0.2, 0.25) is 0 Å². The molecule has 0 saturated carbocycles. The lowest BCUT2D eigenvalue weighted by Crippen LogP contribution is -2.66. The summed E-state index contributed by atoms with van der Waals surface area (Å²) in [6.07, 6.45) is 7.15. The van der Waals surface area contributed by atoms with Crippen molar-refractivity contribution in [3.8, 4) is 0 Å². The van der Waals surface area contributed by atoms with Gasteiger partial charge >= 0.3 is 0 Å². The Hall–Kier alpha value is -2.54. The van der Waals surface area contributed by atoms with Crippen molar-refractivity contribution >= 4 is 11.9 Å². The molecule has 130 valence electrons. The van der Waals surface area contributed by atoms with Gasteiger partial charge in [0.05, 0.1) is 19.7 Å². The van der Waals surface area contributed by atoms with Gasteiger partial charge < -0.3 is 15.0 Å². The van der Waals surface area contributed by atoms with Gasteiger partial charge in [-0.2, -0.15) is 0 Å². The molecule has 4 rings (SSSR count). The van der Waals surface area contributed by atoms with E-state index in [0.717, 1.165) is 19.4 Å². The minimum atomic E-state index is -0.163. The monoisotopic (exact) mass is 339 g/mol. The molecule has 2 fully saturated rings. The van der Waals surface area contributed by atoms with Crippen molar-refractivity contribution in [2.45, 2.75) is 18.4 Å². The highest BCUT2D eigenvalue weighted by Gasteiger charge is 2.48. The van der Waals surface area contributed by atoms with Gasteiger partial charge in [-0.3, -0.25) is 9.78 Å². The zero-order valence-corrected chi connectivity index (χ0v) is 14.0. The molecule has 1 amide bonds. The number of aromatic nitrogens is 3.